The van der Waals surface area contributed by atoms with E-state index in [1.165, 1.54) is 18.2 Å². The number of esters is 1. The Morgan fingerprint density at radius 1 is 1.32 bits per heavy atom. The molecule has 0 aliphatic rings. The van der Waals surface area contributed by atoms with E-state index in [1.807, 2.05) is 0 Å². The zero-order chi connectivity index (χ0) is 15.8. The Labute approximate surface area is 149 Å². The van der Waals surface area contributed by atoms with Crippen molar-refractivity contribution in [1.82, 2.24) is 0 Å². The fraction of sp³-hybridized carbons (Fsp3) is 0.500. The van der Waals surface area contributed by atoms with Crippen molar-refractivity contribution in [2.75, 3.05) is 19.0 Å². The number of carbonyl (C=O) groups excluding carboxylic acids is 1. The molecule has 1 unspecified atom stereocenters. The summed E-state index contributed by atoms with van der Waals surface area (Å²) in [5, 5.41) is 3.17. The van der Waals surface area contributed by atoms with Gasteiger partial charge < -0.3 is 15.8 Å². The lowest BCUT2D eigenvalue weighted by atomic mass is 10.0. The van der Waals surface area contributed by atoms with E-state index in [0.717, 1.165) is 18.5 Å². The average Bonchev–Trinajstić information content (AvgIpc) is 2.51. The minimum atomic E-state index is -0.303. The van der Waals surface area contributed by atoms with Crippen LogP contribution in [0.1, 0.15) is 31.9 Å². The number of methoxy groups -OCH3 is 1. The van der Waals surface area contributed by atoms with Gasteiger partial charge in [-0.15, -0.1) is 24.0 Å². The molecule has 1 aromatic carbocycles. The number of guanidine groups is 1. The molecule has 5 nitrogen and oxygen atoms in total. The first-order valence-corrected chi connectivity index (χ1v) is 7.28. The van der Waals surface area contributed by atoms with Crippen molar-refractivity contribution in [3.63, 3.8) is 0 Å². The quantitative estimate of drug-likeness (QED) is 0.322. The van der Waals surface area contributed by atoms with E-state index in [2.05, 4.69) is 47.1 Å². The molecule has 1 aromatic rings. The summed E-state index contributed by atoms with van der Waals surface area (Å²) >= 11 is 0. The van der Waals surface area contributed by atoms with E-state index in [0.29, 0.717) is 12.5 Å². The Bertz CT molecular complexity index is 496. The van der Waals surface area contributed by atoms with Crippen LogP contribution in [0.15, 0.2) is 23.2 Å². The monoisotopic (exact) mass is 419 g/mol. The smallest absolute Gasteiger partial charge is 0.310 e. The first kappa shape index (κ1) is 20.7. The number of benzene rings is 1. The number of nitrogens with one attached hydrogen (secondary N) is 1. The molecule has 0 spiro atoms. The number of ether oxygens (including phenoxy) is 1. The second-order valence-electron chi connectivity index (χ2n) is 4.93. The maximum Gasteiger partial charge on any atom is 0.310 e. The van der Waals surface area contributed by atoms with Gasteiger partial charge in [0.25, 0.3) is 0 Å². The molecule has 0 saturated heterocycles. The Kier molecular flexibility index (Phi) is 9.80. The summed E-state index contributed by atoms with van der Waals surface area (Å²) in [7, 11) is 1.37. The number of rotatable bonds is 6. The SMILES string of the molecule is CCc1cccc(CC)c1NC(N)=NCC(C)C(=O)OC.I. The molecule has 1 rings (SSSR count). The summed E-state index contributed by atoms with van der Waals surface area (Å²) in [5.41, 5.74) is 9.36. The summed E-state index contributed by atoms with van der Waals surface area (Å²) in [6, 6.07) is 6.20. The highest BCUT2D eigenvalue weighted by Gasteiger charge is 2.12. The number of anilines is 1. The minimum absolute atomic E-state index is 0. The average molecular weight is 419 g/mol. The van der Waals surface area contributed by atoms with Crippen LogP contribution in [-0.4, -0.2) is 25.6 Å². The molecule has 6 heteroatoms. The van der Waals surface area contributed by atoms with Crippen molar-refractivity contribution >= 4 is 41.6 Å². The highest BCUT2D eigenvalue weighted by molar-refractivity contribution is 14.0. The standard InChI is InChI=1S/C16H25N3O2.HI/c1-5-12-8-7-9-13(6-2)14(12)19-16(17)18-10-11(3)15(20)21-4;/h7-9,11H,5-6,10H2,1-4H3,(H3,17,18,19);1H. The number of nitrogens with zero attached hydrogens (tertiary/aromatic N) is 1. The molecule has 124 valence electrons. The van der Waals surface area contributed by atoms with Gasteiger partial charge in [0.2, 0.25) is 0 Å². The van der Waals surface area contributed by atoms with Gasteiger partial charge in [0.15, 0.2) is 5.96 Å². The van der Waals surface area contributed by atoms with Crippen molar-refractivity contribution in [2.24, 2.45) is 16.6 Å². The molecule has 0 bridgehead atoms. The number of para-hydroxylation sites is 1. The van der Waals surface area contributed by atoms with Crippen LogP contribution in [0.5, 0.6) is 0 Å². The van der Waals surface area contributed by atoms with Crippen LogP contribution in [0, 0.1) is 5.92 Å². The molecule has 0 aliphatic heterocycles. The van der Waals surface area contributed by atoms with Gasteiger partial charge in [0, 0.05) is 5.69 Å². The number of hydrogen-bond acceptors (Lipinski definition) is 3. The number of nitrogens with two attached hydrogens (primary N) is 1. The number of halogens is 1. The zero-order valence-corrected chi connectivity index (χ0v) is 16.0. The summed E-state index contributed by atoms with van der Waals surface area (Å²) in [5.74, 6) is -0.265. The molecule has 0 heterocycles. The lowest BCUT2D eigenvalue weighted by Gasteiger charge is -2.15. The third-order valence-electron chi connectivity index (χ3n) is 3.39. The van der Waals surface area contributed by atoms with E-state index in [-0.39, 0.29) is 35.9 Å². The topological polar surface area (TPSA) is 76.7 Å². The van der Waals surface area contributed by atoms with Crippen LogP contribution in [0.4, 0.5) is 5.69 Å². The Hall–Kier alpha value is -1.31. The highest BCUT2D eigenvalue weighted by atomic mass is 127. The highest BCUT2D eigenvalue weighted by Crippen LogP contribution is 2.22. The zero-order valence-electron chi connectivity index (χ0n) is 13.7. The van der Waals surface area contributed by atoms with Crippen molar-refractivity contribution in [3.8, 4) is 0 Å². The summed E-state index contributed by atoms with van der Waals surface area (Å²) < 4.78 is 4.67. The van der Waals surface area contributed by atoms with Crippen molar-refractivity contribution < 1.29 is 9.53 Å². The molecule has 0 amide bonds. The normalized spacial score (nSPS) is 12.3. The Morgan fingerprint density at radius 2 is 1.86 bits per heavy atom. The lowest BCUT2D eigenvalue weighted by Crippen LogP contribution is -2.26. The number of carbonyl (C=O) groups is 1. The van der Waals surface area contributed by atoms with E-state index in [9.17, 15) is 4.79 Å². The van der Waals surface area contributed by atoms with Gasteiger partial charge in [-0.05, 0) is 24.0 Å². The fourth-order valence-electron chi connectivity index (χ4n) is 2.08. The second-order valence-corrected chi connectivity index (χ2v) is 4.93. The second kappa shape index (κ2) is 10.4. The van der Waals surface area contributed by atoms with Crippen LogP contribution in [0.2, 0.25) is 0 Å². The van der Waals surface area contributed by atoms with Gasteiger partial charge in [-0.1, -0.05) is 39.0 Å². The maximum absolute atomic E-state index is 11.3. The molecule has 0 aliphatic carbocycles. The predicted octanol–water partition coefficient (Wildman–Crippen LogP) is 2.97. The van der Waals surface area contributed by atoms with Gasteiger partial charge in [0.05, 0.1) is 19.6 Å². The van der Waals surface area contributed by atoms with Crippen molar-refractivity contribution in [1.29, 1.82) is 0 Å². The van der Waals surface area contributed by atoms with Crippen LogP contribution in [-0.2, 0) is 22.4 Å². The third kappa shape index (κ3) is 5.82. The van der Waals surface area contributed by atoms with Crippen molar-refractivity contribution in [2.45, 2.75) is 33.6 Å². The largest absolute Gasteiger partial charge is 0.469 e. The van der Waals surface area contributed by atoms with Crippen LogP contribution in [0.3, 0.4) is 0 Å². The van der Waals surface area contributed by atoms with Gasteiger partial charge in [-0.25, -0.2) is 0 Å². The molecule has 0 saturated carbocycles. The number of aliphatic imine (C=N–C) groups is 1. The lowest BCUT2D eigenvalue weighted by molar-refractivity contribution is -0.144. The van der Waals surface area contributed by atoms with Crippen LogP contribution < -0.4 is 11.1 Å². The third-order valence-corrected chi connectivity index (χ3v) is 3.39. The van der Waals surface area contributed by atoms with E-state index in [4.69, 9.17) is 5.73 Å². The summed E-state index contributed by atoms with van der Waals surface area (Å²) in [6.07, 6.45) is 1.84. The maximum atomic E-state index is 11.3. The van der Waals surface area contributed by atoms with Gasteiger partial charge >= 0.3 is 5.97 Å². The number of aryl methyl sites for hydroxylation is 2. The predicted molar refractivity (Wildman–Crippen MR) is 102 cm³/mol. The molecule has 0 fully saturated rings. The van der Waals surface area contributed by atoms with Crippen LogP contribution in [0.25, 0.3) is 0 Å². The van der Waals surface area contributed by atoms with E-state index in [1.54, 1.807) is 6.92 Å². The Morgan fingerprint density at radius 3 is 2.32 bits per heavy atom. The van der Waals surface area contributed by atoms with Gasteiger partial charge in [0.1, 0.15) is 0 Å². The molecule has 3 N–H and O–H groups in total. The first-order valence-electron chi connectivity index (χ1n) is 7.28. The molecule has 1 atom stereocenters. The van der Waals surface area contributed by atoms with Gasteiger partial charge in [-0.3, -0.25) is 9.79 Å². The fourth-order valence-corrected chi connectivity index (χ4v) is 2.08. The molecule has 0 radical (unpaired) electrons. The van der Waals surface area contributed by atoms with Crippen molar-refractivity contribution in [3.05, 3.63) is 29.3 Å². The van der Waals surface area contributed by atoms with Crippen LogP contribution >= 0.6 is 24.0 Å². The molecular formula is C16H26IN3O2. The molecular weight excluding hydrogens is 393 g/mol. The van der Waals surface area contributed by atoms with Gasteiger partial charge in [-0.2, -0.15) is 0 Å². The summed E-state index contributed by atoms with van der Waals surface area (Å²) in [4.78, 5) is 15.6. The number of hydrogen-bond donors (Lipinski definition) is 2. The minimum Gasteiger partial charge on any atom is -0.469 e. The van der Waals surface area contributed by atoms with E-state index >= 15 is 0 Å². The molecule has 22 heavy (non-hydrogen) atoms. The summed E-state index contributed by atoms with van der Waals surface area (Å²) in [6.45, 7) is 6.28. The Balaban J connectivity index is 0.00000441. The molecule has 0 aromatic heterocycles. The van der Waals surface area contributed by atoms with E-state index < -0.39 is 0 Å². The first-order chi connectivity index (χ1) is 10.0.